The Labute approximate surface area is 120 Å². The first-order valence-corrected chi connectivity index (χ1v) is 7.32. The average Bonchev–Trinajstić information content (AvgIpc) is 2.87. The van der Waals surface area contributed by atoms with E-state index in [9.17, 15) is 9.18 Å². The number of benzene rings is 1. The van der Waals surface area contributed by atoms with Crippen LogP contribution in [0.2, 0.25) is 0 Å². The zero-order valence-corrected chi connectivity index (χ0v) is 12.0. The lowest BCUT2D eigenvalue weighted by molar-refractivity contribution is -0.130. The number of carbonyl (C=O) groups is 1. The molecular weight excluding hydrogens is 255 g/mol. The molecule has 110 valence electrons. The van der Waals surface area contributed by atoms with E-state index in [1.54, 1.807) is 0 Å². The molecule has 2 unspecified atom stereocenters. The highest BCUT2D eigenvalue weighted by Gasteiger charge is 2.26. The maximum absolute atomic E-state index is 12.9. The Bertz CT molecular complexity index is 444. The predicted molar refractivity (Wildman–Crippen MR) is 77.7 cm³/mol. The van der Waals surface area contributed by atoms with Crippen LogP contribution in [0.25, 0.3) is 0 Å². The quantitative estimate of drug-likeness (QED) is 0.898. The summed E-state index contributed by atoms with van der Waals surface area (Å²) >= 11 is 0. The Hall–Kier alpha value is -1.42. The Kier molecular flexibility index (Phi) is 5.12. The van der Waals surface area contributed by atoms with Gasteiger partial charge in [-0.3, -0.25) is 4.79 Å². The number of hydrogen-bond acceptors (Lipinski definition) is 2. The molecule has 1 aliphatic rings. The number of nitrogens with zero attached hydrogens (tertiary/aromatic N) is 1. The van der Waals surface area contributed by atoms with Gasteiger partial charge in [0.15, 0.2) is 0 Å². The van der Waals surface area contributed by atoms with Crippen molar-refractivity contribution in [2.75, 3.05) is 13.1 Å². The molecule has 4 heteroatoms. The fraction of sp³-hybridized carbons (Fsp3) is 0.562. The normalized spacial score (nSPS) is 20.1. The third kappa shape index (κ3) is 4.30. The first kappa shape index (κ1) is 15.0. The van der Waals surface area contributed by atoms with Gasteiger partial charge in [-0.05, 0) is 49.8 Å². The second-order valence-corrected chi connectivity index (χ2v) is 5.84. The SMILES string of the molecule is CC(N)CCC(=O)N1CCC(Cc2ccc(F)cc2)C1. The topological polar surface area (TPSA) is 46.3 Å². The standard InChI is InChI=1S/C16H23FN2O/c1-12(18)2-7-16(20)19-9-8-14(11-19)10-13-3-5-15(17)6-4-13/h3-6,12,14H,2,7-11,18H2,1H3. The number of amides is 1. The lowest BCUT2D eigenvalue weighted by atomic mass is 9.99. The Balaban J connectivity index is 1.80. The highest BCUT2D eigenvalue weighted by molar-refractivity contribution is 5.76. The van der Waals surface area contributed by atoms with Crippen LogP contribution >= 0.6 is 0 Å². The van der Waals surface area contributed by atoms with Gasteiger partial charge >= 0.3 is 0 Å². The molecule has 0 bridgehead atoms. The molecule has 1 fully saturated rings. The van der Waals surface area contributed by atoms with Crippen molar-refractivity contribution in [3.63, 3.8) is 0 Å². The molecular formula is C16H23FN2O. The van der Waals surface area contributed by atoms with Gasteiger partial charge in [0.05, 0.1) is 0 Å². The molecule has 2 rings (SSSR count). The fourth-order valence-corrected chi connectivity index (χ4v) is 2.69. The molecule has 1 aromatic carbocycles. The molecule has 0 aromatic heterocycles. The van der Waals surface area contributed by atoms with Gasteiger partial charge in [0, 0.05) is 25.6 Å². The van der Waals surface area contributed by atoms with Crippen LogP contribution in [0, 0.1) is 11.7 Å². The van der Waals surface area contributed by atoms with E-state index in [0.29, 0.717) is 12.3 Å². The molecule has 1 aromatic rings. The summed E-state index contributed by atoms with van der Waals surface area (Å²) in [6.45, 7) is 3.58. The summed E-state index contributed by atoms with van der Waals surface area (Å²) in [7, 11) is 0. The number of nitrogens with two attached hydrogens (primary N) is 1. The molecule has 1 amide bonds. The minimum absolute atomic E-state index is 0.0802. The first-order valence-electron chi connectivity index (χ1n) is 7.32. The van der Waals surface area contributed by atoms with Crippen molar-refractivity contribution in [1.29, 1.82) is 0 Å². The lowest BCUT2D eigenvalue weighted by Crippen LogP contribution is -2.30. The van der Waals surface area contributed by atoms with E-state index in [0.717, 1.165) is 37.9 Å². The van der Waals surface area contributed by atoms with Gasteiger partial charge in [-0.25, -0.2) is 4.39 Å². The molecule has 1 heterocycles. The van der Waals surface area contributed by atoms with Gasteiger partial charge in [-0.2, -0.15) is 0 Å². The van der Waals surface area contributed by atoms with Gasteiger partial charge in [0.2, 0.25) is 5.91 Å². The van der Waals surface area contributed by atoms with Crippen LogP contribution in [0.5, 0.6) is 0 Å². The van der Waals surface area contributed by atoms with E-state index in [4.69, 9.17) is 5.73 Å². The monoisotopic (exact) mass is 278 g/mol. The summed E-state index contributed by atoms with van der Waals surface area (Å²) in [5, 5.41) is 0. The summed E-state index contributed by atoms with van der Waals surface area (Å²) < 4.78 is 12.9. The van der Waals surface area contributed by atoms with E-state index in [1.165, 1.54) is 12.1 Å². The second-order valence-electron chi connectivity index (χ2n) is 5.84. The van der Waals surface area contributed by atoms with E-state index in [1.807, 2.05) is 24.0 Å². The summed E-state index contributed by atoms with van der Waals surface area (Å²) in [6.07, 6.45) is 3.23. The van der Waals surface area contributed by atoms with Crippen molar-refractivity contribution in [3.8, 4) is 0 Å². The van der Waals surface area contributed by atoms with Crippen molar-refractivity contribution in [2.45, 2.75) is 38.6 Å². The Morgan fingerprint density at radius 3 is 2.80 bits per heavy atom. The fourth-order valence-electron chi connectivity index (χ4n) is 2.69. The van der Waals surface area contributed by atoms with Crippen LogP contribution in [0.3, 0.4) is 0 Å². The number of halogens is 1. The summed E-state index contributed by atoms with van der Waals surface area (Å²) in [5.74, 6) is 0.497. The largest absolute Gasteiger partial charge is 0.342 e. The molecule has 1 saturated heterocycles. The zero-order chi connectivity index (χ0) is 14.5. The van der Waals surface area contributed by atoms with E-state index in [-0.39, 0.29) is 17.8 Å². The molecule has 0 saturated carbocycles. The highest BCUT2D eigenvalue weighted by Crippen LogP contribution is 2.22. The smallest absolute Gasteiger partial charge is 0.222 e. The third-order valence-corrected chi connectivity index (χ3v) is 3.89. The number of hydrogen-bond donors (Lipinski definition) is 1. The van der Waals surface area contributed by atoms with Crippen molar-refractivity contribution < 1.29 is 9.18 Å². The van der Waals surface area contributed by atoms with Crippen molar-refractivity contribution >= 4 is 5.91 Å². The molecule has 2 atom stereocenters. The van der Waals surface area contributed by atoms with Crippen LogP contribution in [0.4, 0.5) is 4.39 Å². The minimum Gasteiger partial charge on any atom is -0.342 e. The van der Waals surface area contributed by atoms with E-state index in [2.05, 4.69) is 0 Å². The second kappa shape index (κ2) is 6.84. The molecule has 0 spiro atoms. The average molecular weight is 278 g/mol. The van der Waals surface area contributed by atoms with Crippen LogP contribution in [-0.4, -0.2) is 29.9 Å². The minimum atomic E-state index is -0.201. The van der Waals surface area contributed by atoms with Gasteiger partial charge < -0.3 is 10.6 Å². The van der Waals surface area contributed by atoms with Gasteiger partial charge in [0.1, 0.15) is 5.82 Å². The highest BCUT2D eigenvalue weighted by atomic mass is 19.1. The molecule has 3 nitrogen and oxygen atoms in total. The Morgan fingerprint density at radius 2 is 2.15 bits per heavy atom. The molecule has 20 heavy (non-hydrogen) atoms. The summed E-state index contributed by atoms with van der Waals surface area (Å²) in [5.41, 5.74) is 6.82. The van der Waals surface area contributed by atoms with Crippen LogP contribution < -0.4 is 5.73 Å². The van der Waals surface area contributed by atoms with Crippen LogP contribution in [-0.2, 0) is 11.2 Å². The first-order chi connectivity index (χ1) is 9.54. The molecule has 2 N–H and O–H groups in total. The lowest BCUT2D eigenvalue weighted by Gasteiger charge is -2.17. The molecule has 1 aliphatic heterocycles. The van der Waals surface area contributed by atoms with Crippen molar-refractivity contribution in [3.05, 3.63) is 35.6 Å². The van der Waals surface area contributed by atoms with Crippen LogP contribution in [0.15, 0.2) is 24.3 Å². The predicted octanol–water partition coefficient (Wildman–Crippen LogP) is 2.34. The van der Waals surface area contributed by atoms with E-state index < -0.39 is 0 Å². The number of likely N-dealkylation sites (tertiary alicyclic amines) is 1. The Morgan fingerprint density at radius 1 is 1.45 bits per heavy atom. The molecule has 0 aliphatic carbocycles. The maximum atomic E-state index is 12.9. The van der Waals surface area contributed by atoms with Gasteiger partial charge in [-0.15, -0.1) is 0 Å². The number of carbonyl (C=O) groups excluding carboxylic acids is 1. The van der Waals surface area contributed by atoms with Gasteiger partial charge in [-0.1, -0.05) is 12.1 Å². The number of rotatable bonds is 5. The zero-order valence-electron chi connectivity index (χ0n) is 12.0. The maximum Gasteiger partial charge on any atom is 0.222 e. The summed E-state index contributed by atoms with van der Waals surface area (Å²) in [4.78, 5) is 14.0. The van der Waals surface area contributed by atoms with Crippen molar-refractivity contribution in [1.82, 2.24) is 4.90 Å². The van der Waals surface area contributed by atoms with Gasteiger partial charge in [0.25, 0.3) is 0 Å². The van der Waals surface area contributed by atoms with Crippen molar-refractivity contribution in [2.24, 2.45) is 11.7 Å². The van der Waals surface area contributed by atoms with E-state index >= 15 is 0 Å². The molecule has 0 radical (unpaired) electrons. The van der Waals surface area contributed by atoms with Crippen LogP contribution in [0.1, 0.15) is 31.7 Å². The summed E-state index contributed by atoms with van der Waals surface area (Å²) in [6, 6.07) is 6.73. The third-order valence-electron chi connectivity index (χ3n) is 3.89.